The molecule has 0 atom stereocenters. The summed E-state index contributed by atoms with van der Waals surface area (Å²) in [6.45, 7) is 6.04. The Kier molecular flexibility index (Phi) is 11.0. The molecule has 0 aliphatic heterocycles. The highest BCUT2D eigenvalue weighted by atomic mass is 127. The molecule has 0 saturated heterocycles. The van der Waals surface area contributed by atoms with Gasteiger partial charge < -0.3 is 15.4 Å². The number of aliphatic imine (C=N–C) groups is 1. The molecule has 1 aliphatic rings. The van der Waals surface area contributed by atoms with Gasteiger partial charge in [-0.15, -0.1) is 24.0 Å². The molecule has 0 spiro atoms. The van der Waals surface area contributed by atoms with E-state index in [-0.39, 0.29) is 29.8 Å². The fourth-order valence-electron chi connectivity index (χ4n) is 2.25. The van der Waals surface area contributed by atoms with Gasteiger partial charge in [-0.3, -0.25) is 4.99 Å². The van der Waals surface area contributed by atoms with Gasteiger partial charge in [0.2, 0.25) is 0 Å². The number of nitrogens with one attached hydrogen (secondary N) is 2. The molecule has 0 bridgehead atoms. The van der Waals surface area contributed by atoms with Crippen LogP contribution in [0.1, 0.15) is 31.7 Å². The van der Waals surface area contributed by atoms with Crippen molar-refractivity contribution in [3.63, 3.8) is 0 Å². The van der Waals surface area contributed by atoms with E-state index in [9.17, 15) is 4.39 Å². The summed E-state index contributed by atoms with van der Waals surface area (Å²) in [5.41, 5.74) is 0.988. The molecule has 0 aromatic heterocycles. The highest BCUT2D eigenvalue weighted by Crippen LogP contribution is 2.28. The van der Waals surface area contributed by atoms with E-state index in [4.69, 9.17) is 4.74 Å². The van der Waals surface area contributed by atoms with Gasteiger partial charge >= 0.3 is 0 Å². The van der Waals surface area contributed by atoms with Gasteiger partial charge in [-0.1, -0.05) is 12.1 Å². The lowest BCUT2D eigenvalue weighted by atomic mass is 10.1. The Morgan fingerprint density at radius 2 is 2.17 bits per heavy atom. The van der Waals surface area contributed by atoms with Gasteiger partial charge in [-0.25, -0.2) is 4.39 Å². The Morgan fingerprint density at radius 1 is 1.33 bits per heavy atom. The van der Waals surface area contributed by atoms with Gasteiger partial charge in [0.25, 0.3) is 0 Å². The maximum Gasteiger partial charge on any atom is 0.191 e. The van der Waals surface area contributed by atoms with Crippen LogP contribution >= 0.6 is 24.0 Å². The van der Waals surface area contributed by atoms with Crippen LogP contribution in [0.25, 0.3) is 0 Å². The molecule has 136 valence electrons. The van der Waals surface area contributed by atoms with Crippen molar-refractivity contribution < 1.29 is 9.13 Å². The summed E-state index contributed by atoms with van der Waals surface area (Å²) in [4.78, 5) is 4.53. The molecule has 4 nitrogen and oxygen atoms in total. The lowest BCUT2D eigenvalue weighted by Crippen LogP contribution is -2.38. The molecule has 0 unspecified atom stereocenters. The average Bonchev–Trinajstić information content (AvgIpc) is 3.35. The smallest absolute Gasteiger partial charge is 0.191 e. The number of halogens is 2. The van der Waals surface area contributed by atoms with Crippen LogP contribution in [-0.2, 0) is 11.2 Å². The van der Waals surface area contributed by atoms with E-state index in [1.54, 1.807) is 12.1 Å². The molecular weight excluding hydrogens is 420 g/mol. The van der Waals surface area contributed by atoms with Crippen molar-refractivity contribution in [1.29, 1.82) is 0 Å². The molecule has 0 radical (unpaired) electrons. The van der Waals surface area contributed by atoms with Crippen molar-refractivity contribution >= 4 is 29.9 Å². The van der Waals surface area contributed by atoms with Crippen LogP contribution in [0.4, 0.5) is 4.39 Å². The van der Waals surface area contributed by atoms with Crippen molar-refractivity contribution in [1.82, 2.24) is 10.6 Å². The Bertz CT molecular complexity index is 495. The largest absolute Gasteiger partial charge is 0.381 e. The third-order valence-corrected chi connectivity index (χ3v) is 3.71. The average molecular weight is 449 g/mol. The summed E-state index contributed by atoms with van der Waals surface area (Å²) in [6, 6.07) is 6.72. The first-order valence-corrected chi connectivity index (χ1v) is 8.62. The summed E-state index contributed by atoms with van der Waals surface area (Å²) < 4.78 is 18.7. The predicted molar refractivity (Wildman–Crippen MR) is 108 cm³/mol. The van der Waals surface area contributed by atoms with Crippen molar-refractivity contribution in [2.24, 2.45) is 10.9 Å². The van der Waals surface area contributed by atoms with Crippen LogP contribution < -0.4 is 10.6 Å². The second kappa shape index (κ2) is 12.5. The maximum absolute atomic E-state index is 13.1. The third-order valence-electron chi connectivity index (χ3n) is 3.71. The van der Waals surface area contributed by atoms with Gasteiger partial charge in [-0.2, -0.15) is 0 Å². The van der Waals surface area contributed by atoms with E-state index >= 15 is 0 Å². The summed E-state index contributed by atoms with van der Waals surface area (Å²) in [7, 11) is 0. The summed E-state index contributed by atoms with van der Waals surface area (Å²) >= 11 is 0. The molecule has 1 aromatic rings. The molecule has 0 amide bonds. The Morgan fingerprint density at radius 3 is 2.88 bits per heavy atom. The monoisotopic (exact) mass is 449 g/mol. The third kappa shape index (κ3) is 9.42. The number of benzene rings is 1. The van der Waals surface area contributed by atoms with E-state index < -0.39 is 0 Å². The summed E-state index contributed by atoms with van der Waals surface area (Å²) in [6.07, 6.45) is 4.37. The first-order valence-electron chi connectivity index (χ1n) is 8.62. The van der Waals surface area contributed by atoms with Gasteiger partial charge in [0, 0.05) is 32.8 Å². The van der Waals surface area contributed by atoms with Gasteiger partial charge in [0.05, 0.1) is 0 Å². The number of nitrogens with zero attached hydrogens (tertiary/aromatic N) is 1. The molecular formula is C18H29FIN3O. The molecule has 2 rings (SSSR count). The fraction of sp³-hybridized carbons (Fsp3) is 0.611. The Labute approximate surface area is 161 Å². The number of ether oxygens (including phenoxy) is 1. The molecule has 1 saturated carbocycles. The SMILES string of the molecule is CCNC(=NCCCOCC1CC1)NCCc1cccc(F)c1.I. The van der Waals surface area contributed by atoms with E-state index in [2.05, 4.69) is 15.6 Å². The molecule has 0 heterocycles. The minimum atomic E-state index is -0.186. The first-order chi connectivity index (χ1) is 11.3. The number of hydrogen-bond acceptors (Lipinski definition) is 2. The Balaban J connectivity index is 0.00000288. The maximum atomic E-state index is 13.1. The van der Waals surface area contributed by atoms with Crippen molar-refractivity contribution in [3.05, 3.63) is 35.6 Å². The van der Waals surface area contributed by atoms with Crippen molar-refractivity contribution in [2.45, 2.75) is 32.6 Å². The fourth-order valence-corrected chi connectivity index (χ4v) is 2.25. The van der Waals surface area contributed by atoms with Crippen LogP contribution in [0, 0.1) is 11.7 Å². The van der Waals surface area contributed by atoms with E-state index in [0.29, 0.717) is 0 Å². The summed E-state index contributed by atoms with van der Waals surface area (Å²) in [5.74, 6) is 1.45. The molecule has 24 heavy (non-hydrogen) atoms. The normalized spacial score (nSPS) is 14.2. The second-order valence-electron chi connectivity index (χ2n) is 5.94. The molecule has 1 fully saturated rings. The van der Waals surface area contributed by atoms with Crippen LogP contribution in [0.3, 0.4) is 0 Å². The zero-order chi connectivity index (χ0) is 16.3. The zero-order valence-electron chi connectivity index (χ0n) is 14.4. The lowest BCUT2D eigenvalue weighted by molar-refractivity contribution is 0.123. The van der Waals surface area contributed by atoms with Gasteiger partial charge in [-0.05, 0) is 56.2 Å². The second-order valence-corrected chi connectivity index (χ2v) is 5.94. The van der Waals surface area contributed by atoms with Crippen LogP contribution in [-0.4, -0.2) is 38.8 Å². The van der Waals surface area contributed by atoms with Crippen molar-refractivity contribution in [3.8, 4) is 0 Å². The highest BCUT2D eigenvalue weighted by molar-refractivity contribution is 14.0. The molecule has 6 heteroatoms. The molecule has 1 aliphatic carbocycles. The van der Waals surface area contributed by atoms with Gasteiger partial charge in [0.15, 0.2) is 5.96 Å². The van der Waals surface area contributed by atoms with E-state index in [1.165, 1.54) is 18.9 Å². The lowest BCUT2D eigenvalue weighted by Gasteiger charge is -2.11. The van der Waals surface area contributed by atoms with Crippen molar-refractivity contribution in [2.75, 3.05) is 32.8 Å². The van der Waals surface area contributed by atoms with Gasteiger partial charge in [0.1, 0.15) is 5.82 Å². The minimum Gasteiger partial charge on any atom is -0.381 e. The number of rotatable bonds is 10. The molecule has 2 N–H and O–H groups in total. The van der Waals surface area contributed by atoms with Crippen LogP contribution in [0.15, 0.2) is 29.3 Å². The van der Waals surface area contributed by atoms with Crippen LogP contribution in [0.2, 0.25) is 0 Å². The van der Waals surface area contributed by atoms with Crippen LogP contribution in [0.5, 0.6) is 0 Å². The number of hydrogen-bond donors (Lipinski definition) is 2. The standard InChI is InChI=1S/C18H28FN3O.HI/c1-2-20-18(21-10-4-12-23-14-16-7-8-16)22-11-9-15-5-3-6-17(19)13-15;/h3,5-6,13,16H,2,4,7-12,14H2,1H3,(H2,20,21,22);1H. The molecule has 1 aromatic carbocycles. The summed E-state index contributed by atoms with van der Waals surface area (Å²) in [5, 5.41) is 6.51. The topological polar surface area (TPSA) is 45.7 Å². The van der Waals surface area contributed by atoms with E-state index in [1.807, 2.05) is 13.0 Å². The zero-order valence-corrected chi connectivity index (χ0v) is 16.7. The minimum absolute atomic E-state index is 0. The Hall–Kier alpha value is -0.890. The van der Waals surface area contributed by atoms with E-state index in [0.717, 1.165) is 63.1 Å². The number of guanidine groups is 1. The first kappa shape index (κ1) is 21.2. The highest BCUT2D eigenvalue weighted by Gasteiger charge is 2.20. The quantitative estimate of drug-likeness (QED) is 0.249. The predicted octanol–water partition coefficient (Wildman–Crippen LogP) is 3.36.